The average molecular weight is 690 g/mol. The normalized spacial score (nSPS) is 17.6. The molecule has 0 spiro atoms. The third kappa shape index (κ3) is 8.93. The predicted molar refractivity (Wildman–Crippen MR) is 182 cm³/mol. The molecule has 13 nitrogen and oxygen atoms in total. The number of para-hydroxylation sites is 2. The molecule has 256 valence electrons. The Balaban J connectivity index is 1.57. The van der Waals surface area contributed by atoms with Gasteiger partial charge in [-0.2, -0.15) is 0 Å². The maximum atomic E-state index is 14.3. The fourth-order valence-electron chi connectivity index (χ4n) is 5.71. The van der Waals surface area contributed by atoms with E-state index < -0.39 is 45.9 Å². The molecule has 2 aromatic rings. The van der Waals surface area contributed by atoms with Crippen LogP contribution in [0.5, 0.6) is 0 Å². The van der Waals surface area contributed by atoms with Crippen molar-refractivity contribution in [3.8, 4) is 0 Å². The highest BCUT2D eigenvalue weighted by Crippen LogP contribution is 2.39. The predicted octanol–water partition coefficient (Wildman–Crippen LogP) is 3.38. The molecule has 1 saturated heterocycles. The molecule has 2 atom stereocenters. The molecule has 0 aromatic heterocycles. The van der Waals surface area contributed by atoms with Gasteiger partial charge in [-0.1, -0.05) is 23.7 Å². The third-order valence-electron chi connectivity index (χ3n) is 7.75. The second-order valence-electron chi connectivity index (χ2n) is 12.8. The van der Waals surface area contributed by atoms with Crippen LogP contribution in [0.25, 0.3) is 0 Å². The first-order valence-corrected chi connectivity index (χ1v) is 17.4. The van der Waals surface area contributed by atoms with Crippen LogP contribution in [-0.4, -0.2) is 74.3 Å². The van der Waals surface area contributed by atoms with Crippen LogP contribution in [0.1, 0.15) is 64.0 Å². The van der Waals surface area contributed by atoms with E-state index in [0.717, 1.165) is 17.1 Å². The monoisotopic (exact) mass is 689 g/mol. The van der Waals surface area contributed by atoms with E-state index in [9.17, 15) is 22.8 Å². The van der Waals surface area contributed by atoms with Crippen LogP contribution in [0, 0.1) is 13.8 Å². The zero-order valence-electron chi connectivity index (χ0n) is 27.4. The van der Waals surface area contributed by atoms with Crippen molar-refractivity contribution in [2.75, 3.05) is 29.3 Å². The number of guanidine groups is 1. The van der Waals surface area contributed by atoms with E-state index in [4.69, 9.17) is 22.2 Å². The van der Waals surface area contributed by atoms with Crippen molar-refractivity contribution < 1.29 is 27.6 Å². The molecule has 2 aliphatic heterocycles. The van der Waals surface area contributed by atoms with Gasteiger partial charge in [0.15, 0.2) is 0 Å². The Labute approximate surface area is 281 Å². The second kappa shape index (κ2) is 14.9. The molecule has 2 aliphatic rings. The Morgan fingerprint density at radius 1 is 1.15 bits per heavy atom. The summed E-state index contributed by atoms with van der Waals surface area (Å²) in [6.45, 7) is 10.3. The smallest absolute Gasteiger partial charge is 0.265 e. The molecule has 2 aromatic carbocycles. The van der Waals surface area contributed by atoms with Gasteiger partial charge in [-0.3, -0.25) is 28.5 Å². The standard InChI is InChI=1S/C32H44ClN7O6S/c1-20-17-22(33)18-21(2)28(20)47(44,45)40-25-13-7-6-11-23(25)37-29(42)26(40)19-27(41)36-24(30(43)39-15-8-9-16-39)12-10-14-35-31(34)38-46-32(3,4)5/h6-7,11,13,17-18,24,26H,8-10,12,14-16,19H2,1-5H3,(H,36,41)(H,37,42)(H3,34,35,38). The van der Waals surface area contributed by atoms with Gasteiger partial charge in [0.25, 0.3) is 10.0 Å². The van der Waals surface area contributed by atoms with Crippen LogP contribution in [0.3, 0.4) is 0 Å². The van der Waals surface area contributed by atoms with Gasteiger partial charge in [0, 0.05) is 24.7 Å². The number of nitrogens with zero attached hydrogens (tertiary/aromatic N) is 3. The number of sulfonamides is 1. The van der Waals surface area contributed by atoms with Gasteiger partial charge < -0.3 is 21.3 Å². The molecule has 5 N–H and O–H groups in total. The van der Waals surface area contributed by atoms with Crippen LogP contribution < -0.4 is 26.2 Å². The minimum atomic E-state index is -4.36. The molecule has 47 heavy (non-hydrogen) atoms. The molecule has 0 bridgehead atoms. The maximum absolute atomic E-state index is 14.3. The topological polar surface area (TPSA) is 176 Å². The zero-order valence-corrected chi connectivity index (χ0v) is 29.0. The summed E-state index contributed by atoms with van der Waals surface area (Å²) in [6, 6.07) is 7.25. The number of carbonyl (C=O) groups is 3. The first kappa shape index (κ1) is 36.0. The molecular formula is C32H44ClN7O6S. The molecule has 0 saturated carbocycles. The van der Waals surface area contributed by atoms with Crippen LogP contribution in [0.15, 0.2) is 46.3 Å². The molecule has 4 rings (SSSR count). The molecule has 15 heteroatoms. The van der Waals surface area contributed by atoms with E-state index in [0.29, 0.717) is 41.3 Å². The molecule has 2 heterocycles. The van der Waals surface area contributed by atoms with E-state index in [2.05, 4.69) is 21.1 Å². The first-order chi connectivity index (χ1) is 22.1. The summed E-state index contributed by atoms with van der Waals surface area (Å²) in [5.74, 6) is -1.46. The molecule has 0 aliphatic carbocycles. The Morgan fingerprint density at radius 2 is 1.79 bits per heavy atom. The van der Waals surface area contributed by atoms with E-state index in [1.807, 2.05) is 20.8 Å². The fraction of sp³-hybridized carbons (Fsp3) is 0.500. The average Bonchev–Trinajstić information content (AvgIpc) is 3.51. The largest absolute Gasteiger partial charge is 0.368 e. The lowest BCUT2D eigenvalue weighted by Gasteiger charge is -2.37. The van der Waals surface area contributed by atoms with Gasteiger partial charge in [0.1, 0.15) is 12.1 Å². The lowest BCUT2D eigenvalue weighted by Crippen LogP contribution is -2.54. The first-order valence-electron chi connectivity index (χ1n) is 15.6. The van der Waals surface area contributed by atoms with Gasteiger partial charge in [-0.05, 0) is 95.7 Å². The van der Waals surface area contributed by atoms with Crippen molar-refractivity contribution in [2.24, 2.45) is 10.7 Å². The SMILES string of the molecule is Cc1cc(Cl)cc(C)c1S(=O)(=O)N1c2ccccc2NC(=O)C1CC(=O)NC(CCCN=C(N)NOC(C)(C)C)C(=O)N1CCCC1. The van der Waals surface area contributed by atoms with E-state index in [1.54, 1.807) is 55.1 Å². The van der Waals surface area contributed by atoms with Gasteiger partial charge in [0.2, 0.25) is 23.7 Å². The fourth-order valence-corrected chi connectivity index (χ4v) is 8.09. The third-order valence-corrected chi connectivity index (χ3v) is 10.1. The molecule has 1 fully saturated rings. The van der Waals surface area contributed by atoms with Crippen LogP contribution in [0.2, 0.25) is 5.02 Å². The number of nitrogens with one attached hydrogen (secondary N) is 3. The summed E-state index contributed by atoms with van der Waals surface area (Å²) in [6.07, 6.45) is 1.88. The van der Waals surface area contributed by atoms with Gasteiger partial charge in [-0.15, -0.1) is 0 Å². The minimum absolute atomic E-state index is 0.00103. The second-order valence-corrected chi connectivity index (χ2v) is 15.0. The highest BCUT2D eigenvalue weighted by atomic mass is 35.5. The van der Waals surface area contributed by atoms with Gasteiger partial charge in [-0.25, -0.2) is 13.9 Å². The van der Waals surface area contributed by atoms with Crippen LogP contribution in [-0.2, 0) is 29.2 Å². The number of hydrogen-bond acceptors (Lipinski definition) is 7. The number of likely N-dealkylation sites (tertiary alicyclic amines) is 1. The Kier molecular flexibility index (Phi) is 11.4. The lowest BCUT2D eigenvalue weighted by molar-refractivity contribution is -0.136. The summed E-state index contributed by atoms with van der Waals surface area (Å²) >= 11 is 6.19. The van der Waals surface area contributed by atoms with Crippen LogP contribution >= 0.6 is 11.6 Å². The zero-order chi connectivity index (χ0) is 34.5. The van der Waals surface area contributed by atoms with Gasteiger partial charge in [0.05, 0.1) is 28.3 Å². The highest BCUT2D eigenvalue weighted by molar-refractivity contribution is 7.93. The van der Waals surface area contributed by atoms with Crippen LogP contribution in [0.4, 0.5) is 11.4 Å². The molecule has 2 unspecified atom stereocenters. The van der Waals surface area contributed by atoms with Crippen molar-refractivity contribution in [1.82, 2.24) is 15.7 Å². The number of carbonyl (C=O) groups excluding carboxylic acids is 3. The minimum Gasteiger partial charge on any atom is -0.368 e. The number of benzene rings is 2. The summed E-state index contributed by atoms with van der Waals surface area (Å²) in [5, 5.41) is 5.91. The summed E-state index contributed by atoms with van der Waals surface area (Å²) in [4.78, 5) is 51.9. The number of aliphatic imine (C=N–C) groups is 1. The number of aryl methyl sites for hydroxylation is 2. The Bertz CT molecular complexity index is 1610. The number of halogens is 1. The highest BCUT2D eigenvalue weighted by Gasteiger charge is 2.43. The number of fused-ring (bicyclic) bond motifs is 1. The number of anilines is 2. The quantitative estimate of drug-likeness (QED) is 0.120. The Hall–Kier alpha value is -3.88. The number of amides is 3. The van der Waals surface area contributed by atoms with Crippen molar-refractivity contribution in [3.63, 3.8) is 0 Å². The van der Waals surface area contributed by atoms with Crippen molar-refractivity contribution in [2.45, 2.75) is 89.3 Å². The Morgan fingerprint density at radius 3 is 2.43 bits per heavy atom. The summed E-state index contributed by atoms with van der Waals surface area (Å²) in [7, 11) is -4.36. The number of hydroxylamine groups is 1. The van der Waals surface area contributed by atoms with Crippen molar-refractivity contribution >= 4 is 56.7 Å². The molecular weight excluding hydrogens is 646 g/mol. The number of rotatable bonds is 11. The number of nitrogens with two attached hydrogens (primary N) is 1. The van der Waals surface area contributed by atoms with Gasteiger partial charge >= 0.3 is 0 Å². The van der Waals surface area contributed by atoms with Crippen molar-refractivity contribution in [1.29, 1.82) is 0 Å². The molecule has 3 amide bonds. The van der Waals surface area contributed by atoms with E-state index in [-0.39, 0.29) is 35.4 Å². The summed E-state index contributed by atoms with van der Waals surface area (Å²) in [5.41, 5.74) is 9.32. The van der Waals surface area contributed by atoms with E-state index >= 15 is 0 Å². The lowest BCUT2D eigenvalue weighted by atomic mass is 10.1. The summed E-state index contributed by atoms with van der Waals surface area (Å²) < 4.78 is 29.7. The van der Waals surface area contributed by atoms with E-state index in [1.165, 1.54) is 0 Å². The molecule has 0 radical (unpaired) electrons. The number of hydrogen-bond donors (Lipinski definition) is 4. The van der Waals surface area contributed by atoms with Crippen molar-refractivity contribution in [3.05, 3.63) is 52.5 Å². The maximum Gasteiger partial charge on any atom is 0.265 e.